The van der Waals surface area contributed by atoms with Gasteiger partial charge in [-0.05, 0) is 43.5 Å². The number of likely N-dealkylation sites (N-methyl/N-ethyl adjacent to an activating group) is 1. The zero-order chi connectivity index (χ0) is 12.3. The molecule has 17 heavy (non-hydrogen) atoms. The second-order valence-electron chi connectivity index (χ2n) is 6.20. The van der Waals surface area contributed by atoms with Crippen molar-refractivity contribution in [1.29, 1.82) is 0 Å². The largest absolute Gasteiger partial charge is 0.311 e. The molecule has 2 aliphatic rings. The SMILES string of the molecule is CCN1CCCC1CNC1CSCCC1(C)C. The average Bonchev–Trinajstić information content (AvgIpc) is 2.74. The fourth-order valence-electron chi connectivity index (χ4n) is 3.09. The van der Waals surface area contributed by atoms with Crippen LogP contribution in [0.5, 0.6) is 0 Å². The first-order valence-corrected chi connectivity index (χ1v) is 8.34. The summed E-state index contributed by atoms with van der Waals surface area (Å²) in [5.41, 5.74) is 0.487. The molecule has 2 heterocycles. The van der Waals surface area contributed by atoms with Crippen LogP contribution in [0.15, 0.2) is 0 Å². The molecule has 2 aliphatic heterocycles. The van der Waals surface area contributed by atoms with E-state index in [1.54, 1.807) is 0 Å². The molecule has 0 aromatic rings. The Morgan fingerprint density at radius 2 is 2.24 bits per heavy atom. The lowest BCUT2D eigenvalue weighted by molar-refractivity contribution is 0.209. The van der Waals surface area contributed by atoms with Gasteiger partial charge in [0.05, 0.1) is 0 Å². The van der Waals surface area contributed by atoms with Gasteiger partial charge in [0.25, 0.3) is 0 Å². The van der Waals surface area contributed by atoms with Crippen LogP contribution in [-0.4, -0.2) is 48.1 Å². The standard InChI is InChI=1S/C14H28N2S/c1-4-16-8-5-6-12(16)10-15-13-11-17-9-7-14(13,2)3/h12-13,15H,4-11H2,1-3H3. The van der Waals surface area contributed by atoms with Crippen LogP contribution in [-0.2, 0) is 0 Å². The van der Waals surface area contributed by atoms with Gasteiger partial charge in [0, 0.05) is 24.4 Å². The number of nitrogens with zero attached hydrogens (tertiary/aromatic N) is 1. The van der Waals surface area contributed by atoms with E-state index in [9.17, 15) is 0 Å². The van der Waals surface area contributed by atoms with E-state index in [1.165, 1.54) is 50.4 Å². The molecule has 0 bridgehead atoms. The van der Waals surface area contributed by atoms with Gasteiger partial charge in [-0.15, -0.1) is 0 Å². The zero-order valence-electron chi connectivity index (χ0n) is 11.7. The summed E-state index contributed by atoms with van der Waals surface area (Å²) in [7, 11) is 0. The molecule has 0 aliphatic carbocycles. The van der Waals surface area contributed by atoms with Crippen molar-refractivity contribution in [2.75, 3.05) is 31.1 Å². The van der Waals surface area contributed by atoms with Crippen LogP contribution in [0.3, 0.4) is 0 Å². The molecule has 2 saturated heterocycles. The Hall–Kier alpha value is 0.270. The second-order valence-corrected chi connectivity index (χ2v) is 7.35. The third-order valence-corrected chi connectivity index (χ3v) is 5.69. The highest BCUT2D eigenvalue weighted by atomic mass is 32.2. The molecule has 0 aromatic carbocycles. The van der Waals surface area contributed by atoms with E-state index in [-0.39, 0.29) is 0 Å². The third kappa shape index (κ3) is 3.39. The number of thioether (sulfide) groups is 1. The molecule has 2 rings (SSSR count). The quantitative estimate of drug-likeness (QED) is 0.832. The predicted molar refractivity (Wildman–Crippen MR) is 77.8 cm³/mol. The van der Waals surface area contributed by atoms with Crippen molar-refractivity contribution in [2.45, 2.75) is 52.1 Å². The van der Waals surface area contributed by atoms with Gasteiger partial charge < -0.3 is 5.32 Å². The van der Waals surface area contributed by atoms with E-state index in [0.717, 1.165) is 6.04 Å². The summed E-state index contributed by atoms with van der Waals surface area (Å²) in [6.45, 7) is 10.9. The lowest BCUT2D eigenvalue weighted by Gasteiger charge is -2.40. The zero-order valence-corrected chi connectivity index (χ0v) is 12.5. The van der Waals surface area contributed by atoms with Crippen molar-refractivity contribution in [3.05, 3.63) is 0 Å². The fourth-order valence-corrected chi connectivity index (χ4v) is 4.73. The first-order valence-electron chi connectivity index (χ1n) is 7.18. The predicted octanol–water partition coefficient (Wildman–Crippen LogP) is 2.59. The van der Waals surface area contributed by atoms with Crippen molar-refractivity contribution in [3.63, 3.8) is 0 Å². The molecule has 0 amide bonds. The monoisotopic (exact) mass is 256 g/mol. The van der Waals surface area contributed by atoms with Gasteiger partial charge in [0.1, 0.15) is 0 Å². The highest BCUT2D eigenvalue weighted by molar-refractivity contribution is 7.99. The van der Waals surface area contributed by atoms with E-state index >= 15 is 0 Å². The molecule has 3 heteroatoms. The van der Waals surface area contributed by atoms with E-state index in [4.69, 9.17) is 0 Å². The van der Waals surface area contributed by atoms with E-state index in [1.807, 2.05) is 0 Å². The molecular weight excluding hydrogens is 228 g/mol. The third-order valence-electron chi connectivity index (χ3n) is 4.62. The summed E-state index contributed by atoms with van der Waals surface area (Å²) in [4.78, 5) is 2.63. The minimum atomic E-state index is 0.487. The highest BCUT2D eigenvalue weighted by Gasteiger charge is 2.33. The van der Waals surface area contributed by atoms with Crippen LogP contribution in [0.25, 0.3) is 0 Å². The molecular formula is C14H28N2S. The number of nitrogens with one attached hydrogen (secondary N) is 1. The first kappa shape index (κ1) is 13.7. The van der Waals surface area contributed by atoms with Gasteiger partial charge in [-0.2, -0.15) is 11.8 Å². The van der Waals surface area contributed by atoms with Crippen LogP contribution >= 0.6 is 11.8 Å². The molecule has 2 nitrogen and oxygen atoms in total. The van der Waals surface area contributed by atoms with Crippen LogP contribution < -0.4 is 5.32 Å². The van der Waals surface area contributed by atoms with Crippen molar-refractivity contribution in [1.82, 2.24) is 10.2 Å². The van der Waals surface area contributed by atoms with E-state index in [2.05, 4.69) is 42.7 Å². The highest BCUT2D eigenvalue weighted by Crippen LogP contribution is 2.34. The Bertz CT molecular complexity index is 242. The van der Waals surface area contributed by atoms with E-state index < -0.39 is 0 Å². The molecule has 100 valence electrons. The average molecular weight is 256 g/mol. The molecule has 2 atom stereocenters. The summed E-state index contributed by atoms with van der Waals surface area (Å²) in [6.07, 6.45) is 4.14. The Morgan fingerprint density at radius 3 is 2.94 bits per heavy atom. The molecule has 2 unspecified atom stereocenters. The van der Waals surface area contributed by atoms with Crippen molar-refractivity contribution < 1.29 is 0 Å². The van der Waals surface area contributed by atoms with Crippen molar-refractivity contribution >= 4 is 11.8 Å². The van der Waals surface area contributed by atoms with Gasteiger partial charge in [-0.25, -0.2) is 0 Å². The maximum atomic E-state index is 3.86. The molecule has 0 saturated carbocycles. The molecule has 0 spiro atoms. The summed E-state index contributed by atoms with van der Waals surface area (Å²) in [5.74, 6) is 2.64. The number of hydrogen-bond donors (Lipinski definition) is 1. The topological polar surface area (TPSA) is 15.3 Å². The Kier molecular flexibility index (Phi) is 4.79. The molecule has 2 fully saturated rings. The van der Waals surface area contributed by atoms with Crippen LogP contribution in [0.1, 0.15) is 40.0 Å². The minimum Gasteiger partial charge on any atom is -0.311 e. The van der Waals surface area contributed by atoms with Crippen LogP contribution in [0.4, 0.5) is 0 Å². The van der Waals surface area contributed by atoms with Gasteiger partial charge in [0.2, 0.25) is 0 Å². The summed E-state index contributed by atoms with van der Waals surface area (Å²) in [5, 5.41) is 3.86. The Balaban J connectivity index is 1.80. The fraction of sp³-hybridized carbons (Fsp3) is 1.00. The minimum absolute atomic E-state index is 0.487. The molecule has 1 N–H and O–H groups in total. The van der Waals surface area contributed by atoms with Gasteiger partial charge in [0.15, 0.2) is 0 Å². The maximum absolute atomic E-state index is 3.86. The lowest BCUT2D eigenvalue weighted by atomic mass is 9.82. The number of likely N-dealkylation sites (tertiary alicyclic amines) is 1. The smallest absolute Gasteiger partial charge is 0.0221 e. The number of rotatable bonds is 4. The van der Waals surface area contributed by atoms with Gasteiger partial charge >= 0.3 is 0 Å². The molecule has 0 radical (unpaired) electrons. The van der Waals surface area contributed by atoms with E-state index in [0.29, 0.717) is 11.5 Å². The van der Waals surface area contributed by atoms with Crippen LogP contribution in [0.2, 0.25) is 0 Å². The second kappa shape index (κ2) is 5.94. The Morgan fingerprint density at radius 1 is 1.41 bits per heavy atom. The summed E-state index contributed by atoms with van der Waals surface area (Å²) >= 11 is 2.12. The first-order chi connectivity index (χ1) is 8.13. The van der Waals surface area contributed by atoms with Gasteiger partial charge in [-0.1, -0.05) is 20.8 Å². The summed E-state index contributed by atoms with van der Waals surface area (Å²) in [6, 6.07) is 1.50. The van der Waals surface area contributed by atoms with Gasteiger partial charge in [-0.3, -0.25) is 4.90 Å². The van der Waals surface area contributed by atoms with Crippen molar-refractivity contribution in [3.8, 4) is 0 Å². The molecule has 0 aromatic heterocycles. The summed E-state index contributed by atoms with van der Waals surface area (Å²) < 4.78 is 0. The number of hydrogen-bond acceptors (Lipinski definition) is 3. The maximum Gasteiger partial charge on any atom is 0.0221 e. The Labute approximate surface area is 111 Å². The lowest BCUT2D eigenvalue weighted by Crippen LogP contribution is -2.50. The van der Waals surface area contributed by atoms with Crippen LogP contribution in [0, 0.1) is 5.41 Å². The normalized spacial score (nSPS) is 34.1. The van der Waals surface area contributed by atoms with Crippen molar-refractivity contribution in [2.24, 2.45) is 5.41 Å².